The number of fused-ring (bicyclic) bond motifs is 1. The maximum Gasteiger partial charge on any atom is 0.217 e. The number of benzene rings is 2. The maximum absolute atomic E-state index is 11.5. The summed E-state index contributed by atoms with van der Waals surface area (Å²) < 4.78 is 0. The van der Waals surface area contributed by atoms with Crippen LogP contribution in [0.15, 0.2) is 54.6 Å². The van der Waals surface area contributed by atoms with E-state index >= 15 is 0 Å². The summed E-state index contributed by atoms with van der Waals surface area (Å²) in [5, 5.41) is 3.15. The van der Waals surface area contributed by atoms with Gasteiger partial charge in [-0.1, -0.05) is 54.6 Å². The van der Waals surface area contributed by atoms with Gasteiger partial charge in [-0.05, 0) is 36.0 Å². The Bertz CT molecular complexity index is 620. The highest BCUT2D eigenvalue weighted by molar-refractivity contribution is 5.73. The van der Waals surface area contributed by atoms with Crippen LogP contribution in [0.3, 0.4) is 0 Å². The summed E-state index contributed by atoms with van der Waals surface area (Å²) in [6.07, 6.45) is 3.04. The first-order chi connectivity index (χ1) is 10.2. The highest BCUT2D eigenvalue weighted by Crippen LogP contribution is 2.34. The zero-order valence-electron chi connectivity index (χ0n) is 12.4. The van der Waals surface area contributed by atoms with E-state index in [1.165, 1.54) is 16.7 Å². The van der Waals surface area contributed by atoms with E-state index in [0.717, 1.165) is 19.3 Å². The largest absolute Gasteiger partial charge is 0.353 e. The summed E-state index contributed by atoms with van der Waals surface area (Å²) >= 11 is 0. The molecule has 0 heterocycles. The fraction of sp³-hybridized carbons (Fsp3) is 0.316. The Hall–Kier alpha value is -2.09. The van der Waals surface area contributed by atoms with Crippen molar-refractivity contribution in [1.82, 2.24) is 5.32 Å². The molecule has 0 fully saturated rings. The van der Waals surface area contributed by atoms with Crippen LogP contribution in [-0.4, -0.2) is 11.9 Å². The van der Waals surface area contributed by atoms with Crippen LogP contribution in [0.25, 0.3) is 0 Å². The van der Waals surface area contributed by atoms with Crippen molar-refractivity contribution in [3.63, 3.8) is 0 Å². The van der Waals surface area contributed by atoms with Gasteiger partial charge in [-0.3, -0.25) is 4.79 Å². The molecule has 0 aliphatic heterocycles. The zero-order chi connectivity index (χ0) is 14.7. The number of hydrogen-bond donors (Lipinski definition) is 1. The molecule has 2 aromatic rings. The smallest absolute Gasteiger partial charge is 0.217 e. The molecule has 3 rings (SSSR count). The molecule has 108 valence electrons. The zero-order valence-corrected chi connectivity index (χ0v) is 12.4. The second-order valence-corrected chi connectivity index (χ2v) is 5.84. The first kappa shape index (κ1) is 13.9. The lowest BCUT2D eigenvalue weighted by Gasteiger charge is -2.34. The van der Waals surface area contributed by atoms with Gasteiger partial charge in [0.25, 0.3) is 0 Å². The Morgan fingerprint density at radius 2 is 1.81 bits per heavy atom. The van der Waals surface area contributed by atoms with Gasteiger partial charge in [0.1, 0.15) is 0 Å². The molecular weight excluding hydrogens is 258 g/mol. The molecule has 0 spiro atoms. The Balaban J connectivity index is 1.92. The van der Waals surface area contributed by atoms with Gasteiger partial charge in [0.15, 0.2) is 0 Å². The predicted molar refractivity (Wildman–Crippen MR) is 85.3 cm³/mol. The van der Waals surface area contributed by atoms with Gasteiger partial charge in [-0.15, -0.1) is 0 Å². The molecule has 1 aliphatic carbocycles. The lowest BCUT2D eigenvalue weighted by Crippen LogP contribution is -2.41. The predicted octanol–water partition coefficient (Wildman–Crippen LogP) is 3.46. The molecule has 0 saturated carbocycles. The summed E-state index contributed by atoms with van der Waals surface area (Å²) in [7, 11) is 0. The van der Waals surface area contributed by atoms with E-state index in [0.29, 0.717) is 5.92 Å². The summed E-state index contributed by atoms with van der Waals surface area (Å²) in [6.45, 7) is 1.61. The Labute approximate surface area is 126 Å². The number of rotatable bonds is 3. The summed E-state index contributed by atoms with van der Waals surface area (Å²) in [5.41, 5.74) is 4.15. The fourth-order valence-electron chi connectivity index (χ4n) is 3.41. The summed E-state index contributed by atoms with van der Waals surface area (Å²) in [6, 6.07) is 19.4. The van der Waals surface area contributed by atoms with Crippen molar-refractivity contribution < 1.29 is 4.79 Å². The molecule has 0 radical (unpaired) electrons. The first-order valence-electron chi connectivity index (χ1n) is 7.63. The minimum absolute atomic E-state index is 0.0671. The van der Waals surface area contributed by atoms with Gasteiger partial charge in [-0.25, -0.2) is 0 Å². The third-order valence-corrected chi connectivity index (χ3v) is 4.35. The standard InChI is InChI=1S/C19H21NO/c1-14(21)20-19-12-11-16-9-5-6-10-17(16)18(19)13-15-7-3-2-4-8-15/h2-10,18-19H,11-13H2,1H3,(H,20,21). The van der Waals surface area contributed by atoms with Crippen LogP contribution < -0.4 is 5.32 Å². The molecule has 2 heteroatoms. The van der Waals surface area contributed by atoms with Crippen molar-refractivity contribution >= 4 is 5.91 Å². The quantitative estimate of drug-likeness (QED) is 0.916. The molecule has 1 aliphatic rings. The van der Waals surface area contributed by atoms with Crippen molar-refractivity contribution in [2.75, 3.05) is 0 Å². The van der Waals surface area contributed by atoms with Crippen LogP contribution in [0.1, 0.15) is 36.0 Å². The summed E-state index contributed by atoms with van der Waals surface area (Å²) in [4.78, 5) is 11.5. The fourth-order valence-corrected chi connectivity index (χ4v) is 3.41. The molecule has 1 amide bonds. The van der Waals surface area contributed by atoms with E-state index in [1.807, 2.05) is 6.07 Å². The second-order valence-electron chi connectivity index (χ2n) is 5.84. The monoisotopic (exact) mass is 279 g/mol. The molecule has 21 heavy (non-hydrogen) atoms. The lowest BCUT2D eigenvalue weighted by molar-refractivity contribution is -0.119. The van der Waals surface area contributed by atoms with Gasteiger partial charge in [0.2, 0.25) is 5.91 Å². The van der Waals surface area contributed by atoms with Crippen LogP contribution in [0, 0.1) is 0 Å². The van der Waals surface area contributed by atoms with Gasteiger partial charge < -0.3 is 5.32 Å². The summed E-state index contributed by atoms with van der Waals surface area (Å²) in [5.74, 6) is 0.429. The number of amides is 1. The normalized spacial score (nSPS) is 20.6. The van der Waals surface area contributed by atoms with Crippen LogP contribution in [-0.2, 0) is 17.6 Å². The average molecular weight is 279 g/mol. The molecule has 0 saturated heterocycles. The molecule has 1 N–H and O–H groups in total. The van der Waals surface area contributed by atoms with E-state index < -0.39 is 0 Å². The average Bonchev–Trinajstić information content (AvgIpc) is 2.50. The highest BCUT2D eigenvalue weighted by Gasteiger charge is 2.29. The maximum atomic E-state index is 11.5. The van der Waals surface area contributed by atoms with Gasteiger partial charge >= 0.3 is 0 Å². The molecule has 2 aromatic carbocycles. The van der Waals surface area contributed by atoms with Crippen molar-refractivity contribution in [2.24, 2.45) is 0 Å². The molecular formula is C19H21NO. The van der Waals surface area contributed by atoms with E-state index in [4.69, 9.17) is 0 Å². The van der Waals surface area contributed by atoms with Gasteiger partial charge in [-0.2, -0.15) is 0 Å². The van der Waals surface area contributed by atoms with E-state index in [9.17, 15) is 4.79 Å². The van der Waals surface area contributed by atoms with Crippen LogP contribution in [0.5, 0.6) is 0 Å². The Kier molecular flexibility index (Phi) is 4.05. The molecule has 0 aromatic heterocycles. The van der Waals surface area contributed by atoms with E-state index in [-0.39, 0.29) is 11.9 Å². The number of hydrogen-bond acceptors (Lipinski definition) is 1. The minimum Gasteiger partial charge on any atom is -0.353 e. The Morgan fingerprint density at radius 1 is 1.10 bits per heavy atom. The topological polar surface area (TPSA) is 29.1 Å². The first-order valence-corrected chi connectivity index (χ1v) is 7.63. The van der Waals surface area contributed by atoms with Gasteiger partial charge in [0.05, 0.1) is 0 Å². The van der Waals surface area contributed by atoms with Crippen LogP contribution in [0.4, 0.5) is 0 Å². The molecule has 0 bridgehead atoms. The van der Waals surface area contributed by atoms with Crippen LogP contribution >= 0.6 is 0 Å². The van der Waals surface area contributed by atoms with Crippen LogP contribution in [0.2, 0.25) is 0 Å². The lowest BCUT2D eigenvalue weighted by atomic mass is 9.76. The number of carbonyl (C=O) groups is 1. The van der Waals surface area contributed by atoms with Crippen molar-refractivity contribution in [3.8, 4) is 0 Å². The number of nitrogens with one attached hydrogen (secondary N) is 1. The third-order valence-electron chi connectivity index (χ3n) is 4.35. The van der Waals surface area contributed by atoms with Crippen molar-refractivity contribution in [1.29, 1.82) is 0 Å². The minimum atomic E-state index is 0.0671. The number of aryl methyl sites for hydroxylation is 1. The van der Waals surface area contributed by atoms with Crippen molar-refractivity contribution in [3.05, 3.63) is 71.3 Å². The Morgan fingerprint density at radius 3 is 2.57 bits per heavy atom. The highest BCUT2D eigenvalue weighted by atomic mass is 16.1. The van der Waals surface area contributed by atoms with Crippen molar-refractivity contribution in [2.45, 2.75) is 38.1 Å². The second kappa shape index (κ2) is 6.13. The molecule has 2 atom stereocenters. The molecule has 2 unspecified atom stereocenters. The van der Waals surface area contributed by atoms with E-state index in [1.54, 1.807) is 6.92 Å². The molecule has 2 nitrogen and oxygen atoms in total. The third kappa shape index (κ3) is 3.15. The SMILES string of the molecule is CC(=O)NC1CCc2ccccc2C1Cc1ccccc1. The van der Waals surface area contributed by atoms with E-state index in [2.05, 4.69) is 53.8 Å². The number of carbonyl (C=O) groups excluding carboxylic acids is 1. The van der Waals surface area contributed by atoms with Gasteiger partial charge in [0, 0.05) is 18.9 Å².